The van der Waals surface area contributed by atoms with Crippen LogP contribution in [0.15, 0.2) is 0 Å². The summed E-state index contributed by atoms with van der Waals surface area (Å²) in [6, 6.07) is 0.154. The maximum absolute atomic E-state index is 11.7. The Morgan fingerprint density at radius 3 is 2.07 bits per heavy atom. The second-order valence-corrected chi connectivity index (χ2v) is 4.77. The summed E-state index contributed by atoms with van der Waals surface area (Å²) in [6.07, 6.45) is 0. The van der Waals surface area contributed by atoms with Gasteiger partial charge >= 0.3 is 0 Å². The Balaban J connectivity index is 4.05. The molecule has 0 bridgehead atoms. The van der Waals surface area contributed by atoms with Gasteiger partial charge in [0.15, 0.2) is 0 Å². The van der Waals surface area contributed by atoms with E-state index in [1.54, 1.807) is 0 Å². The lowest BCUT2D eigenvalue weighted by Gasteiger charge is -2.22. The largest absolute Gasteiger partial charge is 0.353 e. The molecule has 0 aromatic rings. The van der Waals surface area contributed by atoms with Crippen molar-refractivity contribution < 1.29 is 4.79 Å². The molecule has 3 atom stereocenters. The number of carbonyl (C=O) groups excluding carboxylic acids is 1. The van der Waals surface area contributed by atoms with E-state index in [-0.39, 0.29) is 17.9 Å². The minimum Gasteiger partial charge on any atom is -0.353 e. The molecule has 14 heavy (non-hydrogen) atoms. The van der Waals surface area contributed by atoms with E-state index in [4.69, 9.17) is 11.6 Å². The van der Waals surface area contributed by atoms with Gasteiger partial charge in [-0.05, 0) is 18.8 Å². The van der Waals surface area contributed by atoms with E-state index in [9.17, 15) is 4.79 Å². The molecule has 0 fully saturated rings. The van der Waals surface area contributed by atoms with Gasteiger partial charge in [-0.1, -0.05) is 27.7 Å². The highest BCUT2D eigenvalue weighted by atomic mass is 35.5. The standard InChI is InChI=1S/C11H22ClNO/c1-7(2)9(4)11(14)13-10(5)8(3)6-12/h7-10H,6H2,1-5H3,(H,13,14). The van der Waals surface area contributed by atoms with Gasteiger partial charge in [0.2, 0.25) is 5.91 Å². The molecule has 84 valence electrons. The van der Waals surface area contributed by atoms with Crippen LogP contribution in [0.1, 0.15) is 34.6 Å². The Labute approximate surface area is 92.4 Å². The third kappa shape index (κ3) is 4.32. The SMILES string of the molecule is CC(C)C(C)C(=O)NC(C)C(C)CCl. The maximum Gasteiger partial charge on any atom is 0.223 e. The molecule has 0 spiro atoms. The quantitative estimate of drug-likeness (QED) is 0.708. The zero-order valence-corrected chi connectivity index (χ0v) is 10.6. The fourth-order valence-electron chi connectivity index (χ4n) is 0.934. The zero-order valence-electron chi connectivity index (χ0n) is 9.80. The summed E-state index contributed by atoms with van der Waals surface area (Å²) in [6.45, 7) is 10.1. The highest BCUT2D eigenvalue weighted by Crippen LogP contribution is 2.11. The lowest BCUT2D eigenvalue weighted by Crippen LogP contribution is -2.41. The fraction of sp³-hybridized carbons (Fsp3) is 0.909. The number of rotatable bonds is 5. The van der Waals surface area contributed by atoms with E-state index in [2.05, 4.69) is 19.2 Å². The first-order valence-corrected chi connectivity index (χ1v) is 5.79. The van der Waals surface area contributed by atoms with Crippen molar-refractivity contribution in [2.75, 3.05) is 5.88 Å². The van der Waals surface area contributed by atoms with Gasteiger partial charge in [-0.2, -0.15) is 0 Å². The molecular formula is C11H22ClNO. The third-order valence-corrected chi connectivity index (χ3v) is 3.37. The highest BCUT2D eigenvalue weighted by Gasteiger charge is 2.20. The number of carbonyl (C=O) groups is 1. The van der Waals surface area contributed by atoms with Crippen molar-refractivity contribution >= 4 is 17.5 Å². The minimum atomic E-state index is 0.0694. The first kappa shape index (κ1) is 13.8. The van der Waals surface area contributed by atoms with Crippen LogP contribution < -0.4 is 5.32 Å². The van der Waals surface area contributed by atoms with E-state index < -0.39 is 0 Å². The molecule has 0 aliphatic rings. The second-order valence-electron chi connectivity index (χ2n) is 4.46. The van der Waals surface area contributed by atoms with Gasteiger partial charge in [0.1, 0.15) is 0 Å². The molecule has 3 unspecified atom stereocenters. The molecule has 3 heteroatoms. The van der Waals surface area contributed by atoms with Gasteiger partial charge in [-0.25, -0.2) is 0 Å². The van der Waals surface area contributed by atoms with Crippen LogP contribution in [-0.4, -0.2) is 17.8 Å². The van der Waals surface area contributed by atoms with Crippen LogP contribution in [0, 0.1) is 17.8 Å². The number of amides is 1. The Hall–Kier alpha value is -0.240. The third-order valence-electron chi connectivity index (χ3n) is 2.88. The summed E-state index contributed by atoms with van der Waals surface area (Å²) in [5.41, 5.74) is 0. The van der Waals surface area contributed by atoms with Crippen LogP contribution in [-0.2, 0) is 4.79 Å². The van der Waals surface area contributed by atoms with Gasteiger partial charge in [-0.15, -0.1) is 11.6 Å². The Morgan fingerprint density at radius 1 is 1.21 bits per heavy atom. The molecule has 0 aromatic carbocycles. The number of hydrogen-bond acceptors (Lipinski definition) is 1. The summed E-state index contributed by atoms with van der Waals surface area (Å²) in [5.74, 6) is 1.48. The second kappa shape index (κ2) is 6.28. The van der Waals surface area contributed by atoms with E-state index >= 15 is 0 Å². The predicted octanol–water partition coefficient (Wildman–Crippen LogP) is 2.66. The van der Waals surface area contributed by atoms with Crippen molar-refractivity contribution in [1.82, 2.24) is 5.32 Å². The van der Waals surface area contributed by atoms with E-state index in [1.165, 1.54) is 0 Å². The fourth-order valence-corrected chi connectivity index (χ4v) is 1.20. The average Bonchev–Trinajstić information content (AvgIpc) is 2.14. The Bertz CT molecular complexity index is 182. The summed E-state index contributed by atoms with van der Waals surface area (Å²) >= 11 is 5.72. The van der Waals surface area contributed by atoms with Crippen molar-refractivity contribution in [1.29, 1.82) is 0 Å². The van der Waals surface area contributed by atoms with E-state index in [0.717, 1.165) is 0 Å². The molecule has 1 amide bonds. The molecule has 2 nitrogen and oxygen atoms in total. The van der Waals surface area contributed by atoms with Crippen LogP contribution in [0.25, 0.3) is 0 Å². The molecule has 1 N–H and O–H groups in total. The van der Waals surface area contributed by atoms with Crippen molar-refractivity contribution in [2.45, 2.75) is 40.7 Å². The van der Waals surface area contributed by atoms with Gasteiger partial charge < -0.3 is 5.32 Å². The van der Waals surface area contributed by atoms with Crippen LogP contribution in [0.5, 0.6) is 0 Å². The van der Waals surface area contributed by atoms with E-state index in [1.807, 2.05) is 20.8 Å². The molecule has 0 saturated carbocycles. The molecular weight excluding hydrogens is 198 g/mol. The Kier molecular flexibility index (Phi) is 6.17. The molecule has 0 aliphatic heterocycles. The normalized spacial score (nSPS) is 17.6. The molecule has 0 heterocycles. The first-order chi connectivity index (χ1) is 6.40. The van der Waals surface area contributed by atoms with Crippen molar-refractivity contribution in [3.63, 3.8) is 0 Å². The summed E-state index contributed by atoms with van der Waals surface area (Å²) < 4.78 is 0. The van der Waals surface area contributed by atoms with Crippen molar-refractivity contribution in [3.05, 3.63) is 0 Å². The van der Waals surface area contributed by atoms with Crippen LogP contribution in [0.2, 0.25) is 0 Å². The topological polar surface area (TPSA) is 29.1 Å². The lowest BCUT2D eigenvalue weighted by molar-refractivity contribution is -0.126. The zero-order chi connectivity index (χ0) is 11.3. The molecule has 0 rings (SSSR count). The molecule has 0 saturated heterocycles. The number of hydrogen-bond donors (Lipinski definition) is 1. The van der Waals surface area contributed by atoms with Crippen LogP contribution in [0.4, 0.5) is 0 Å². The minimum absolute atomic E-state index is 0.0694. The van der Waals surface area contributed by atoms with Gasteiger partial charge in [0.05, 0.1) is 0 Å². The summed E-state index contributed by atoms with van der Waals surface area (Å²) in [7, 11) is 0. The molecule has 0 aliphatic carbocycles. The Morgan fingerprint density at radius 2 is 1.71 bits per heavy atom. The number of halogens is 1. The lowest BCUT2D eigenvalue weighted by atomic mass is 9.96. The summed E-state index contributed by atoms with van der Waals surface area (Å²) in [5, 5.41) is 2.99. The van der Waals surface area contributed by atoms with Crippen molar-refractivity contribution in [3.8, 4) is 0 Å². The summed E-state index contributed by atoms with van der Waals surface area (Å²) in [4.78, 5) is 11.7. The van der Waals surface area contributed by atoms with E-state index in [0.29, 0.717) is 17.7 Å². The van der Waals surface area contributed by atoms with Crippen molar-refractivity contribution in [2.24, 2.45) is 17.8 Å². The van der Waals surface area contributed by atoms with Gasteiger partial charge in [-0.3, -0.25) is 4.79 Å². The smallest absolute Gasteiger partial charge is 0.223 e. The van der Waals surface area contributed by atoms with Crippen LogP contribution in [0.3, 0.4) is 0 Å². The molecule has 0 aromatic heterocycles. The van der Waals surface area contributed by atoms with Gasteiger partial charge in [0, 0.05) is 17.8 Å². The first-order valence-electron chi connectivity index (χ1n) is 5.26. The number of nitrogens with one attached hydrogen (secondary N) is 1. The predicted molar refractivity (Wildman–Crippen MR) is 61.5 cm³/mol. The number of alkyl halides is 1. The van der Waals surface area contributed by atoms with Gasteiger partial charge in [0.25, 0.3) is 0 Å². The van der Waals surface area contributed by atoms with Crippen LogP contribution >= 0.6 is 11.6 Å². The monoisotopic (exact) mass is 219 g/mol. The maximum atomic E-state index is 11.7. The molecule has 0 radical (unpaired) electrons. The average molecular weight is 220 g/mol. The highest BCUT2D eigenvalue weighted by molar-refractivity contribution is 6.18.